The second-order valence-electron chi connectivity index (χ2n) is 29.7. The third-order valence-corrected chi connectivity index (χ3v) is 40.6. The maximum absolute atomic E-state index is 8.73. The number of aliphatic hydroxyl groups is 4. The lowest BCUT2D eigenvalue weighted by Crippen LogP contribution is -2.33. The Hall–Kier alpha value is 1.46. The van der Waals surface area contributed by atoms with Gasteiger partial charge in [0.15, 0.2) is 37.9 Å². The predicted molar refractivity (Wildman–Crippen MR) is 653 cm³/mol. The van der Waals surface area contributed by atoms with Crippen molar-refractivity contribution >= 4 is 258 Å². The quantitative estimate of drug-likeness (QED) is 0.00941. The van der Waals surface area contributed by atoms with E-state index in [1.54, 1.807) is 47.0 Å². The smallest absolute Gasteiger partial charge is 0.168 e. The van der Waals surface area contributed by atoms with Crippen LogP contribution in [0.4, 0.5) is 11.4 Å². The average Bonchev–Trinajstić information content (AvgIpc) is 0.944. The van der Waals surface area contributed by atoms with Crippen molar-refractivity contribution in [2.45, 2.75) is 69.1 Å². The van der Waals surface area contributed by atoms with Crippen LogP contribution in [0, 0.1) is 0 Å². The fourth-order valence-electron chi connectivity index (χ4n) is 11.0. The van der Waals surface area contributed by atoms with Crippen molar-refractivity contribution in [1.29, 1.82) is 0 Å². The number of nitrogens with two attached hydrogens (primary N) is 4. The number of nitrogens with one attached hydrogen (secondary N) is 3. The second kappa shape index (κ2) is 109. The Morgan fingerprint density at radius 3 is 0.921 bits per heavy atom. The molecule has 5 fully saturated rings. The maximum Gasteiger partial charge on any atom is 0.168 e. The van der Waals surface area contributed by atoms with Crippen molar-refractivity contribution in [1.82, 2.24) is 20.9 Å². The van der Waals surface area contributed by atoms with E-state index >= 15 is 0 Å². The van der Waals surface area contributed by atoms with E-state index in [1.807, 2.05) is 220 Å². The number of hydrogen-bond donors (Lipinski definition) is 11. The molecule has 0 aliphatic carbocycles. The van der Waals surface area contributed by atoms with Gasteiger partial charge in [-0.15, -0.1) is 58.8 Å². The molecular formula is C98H168N10O10S21+2. The largest absolute Gasteiger partial charge is 0.399 e. The van der Waals surface area contributed by atoms with Crippen molar-refractivity contribution in [3.05, 3.63) is 164 Å². The zero-order valence-corrected chi connectivity index (χ0v) is 99.2. The van der Waals surface area contributed by atoms with Gasteiger partial charge in [0.25, 0.3) is 0 Å². The first-order chi connectivity index (χ1) is 68.7. The highest BCUT2D eigenvalue weighted by molar-refractivity contribution is 8.05. The topological polar surface area (TPSA) is 297 Å². The van der Waals surface area contributed by atoms with Crippen molar-refractivity contribution in [2.24, 2.45) is 11.5 Å². The highest BCUT2D eigenvalue weighted by Gasteiger charge is 2.11. The molecule has 0 spiro atoms. The number of rotatable bonds is 28. The van der Waals surface area contributed by atoms with Crippen LogP contribution < -0.4 is 48.0 Å². The van der Waals surface area contributed by atoms with Crippen LogP contribution in [0.25, 0.3) is 0 Å². The summed E-state index contributed by atoms with van der Waals surface area (Å²) >= 11 is 40.3. The van der Waals surface area contributed by atoms with Gasteiger partial charge in [0.05, 0.1) is 129 Å². The summed E-state index contributed by atoms with van der Waals surface area (Å²) in [5, 5.41) is 45.0. The van der Waals surface area contributed by atoms with Gasteiger partial charge in [0.1, 0.15) is 0 Å². The summed E-state index contributed by atoms with van der Waals surface area (Å²) in [5.74, 6) is 42.4. The molecule has 11 rings (SSSR count). The van der Waals surface area contributed by atoms with Crippen LogP contribution in [-0.4, -0.2) is 383 Å². The number of nitrogens with zero attached hydrogens (tertiary/aromatic N) is 3. The summed E-state index contributed by atoms with van der Waals surface area (Å²) in [5.41, 5.74) is 27.2. The zero-order valence-electron chi connectivity index (χ0n) is 82.1. The predicted octanol–water partition coefficient (Wildman–Crippen LogP) is 17.3. The number of aromatic nitrogens is 3. The molecule has 5 saturated heterocycles. The third-order valence-electron chi connectivity index (χ3n) is 17.9. The molecule has 0 atom stereocenters. The van der Waals surface area contributed by atoms with Crippen molar-refractivity contribution in [2.75, 3.05) is 357 Å². The number of anilines is 2. The van der Waals surface area contributed by atoms with Gasteiger partial charge in [-0.2, -0.15) is 188 Å². The fourth-order valence-corrected chi connectivity index (χ4v) is 29.6. The van der Waals surface area contributed by atoms with E-state index in [-0.39, 0.29) is 26.4 Å². The molecule has 8 heterocycles. The molecule has 0 radical (unpaired) electrons. The van der Waals surface area contributed by atoms with Crippen molar-refractivity contribution in [3.8, 4) is 0 Å². The summed E-state index contributed by atoms with van der Waals surface area (Å²) in [6, 6.07) is 43.3. The number of hydrogen-bond acceptors (Lipinski definition) is 39. The van der Waals surface area contributed by atoms with Gasteiger partial charge in [-0.05, 0) is 109 Å². The summed E-state index contributed by atoms with van der Waals surface area (Å²) in [6.07, 6.45) is 11.1. The van der Waals surface area contributed by atoms with Gasteiger partial charge in [0.2, 0.25) is 0 Å². The Kier molecular flexibility index (Phi) is 106. The first-order valence-electron chi connectivity index (χ1n) is 48.2. The molecule has 0 unspecified atom stereocenters. The molecule has 0 saturated carbocycles. The molecular weight excluding hydrogens is 2150 g/mol. The molecule has 0 amide bonds. The number of aliphatic hydroxyl groups excluding tert-OH is 4. The molecule has 15 N–H and O–H groups in total. The molecule has 6 aromatic rings. The second-order valence-corrected chi connectivity index (χ2v) is 54.5. The lowest BCUT2D eigenvalue weighted by Gasteiger charge is -2.13. The van der Waals surface area contributed by atoms with E-state index in [9.17, 15) is 0 Å². The van der Waals surface area contributed by atoms with Crippen LogP contribution in [0.5, 0.6) is 0 Å². The van der Waals surface area contributed by atoms with Crippen LogP contribution in [-0.2, 0) is 53.0 Å². The van der Waals surface area contributed by atoms with Gasteiger partial charge in [-0.3, -0.25) is 4.98 Å². The Morgan fingerprint density at radius 1 is 0.295 bits per heavy atom. The van der Waals surface area contributed by atoms with E-state index in [4.69, 9.17) is 71.8 Å². The van der Waals surface area contributed by atoms with E-state index in [0.717, 1.165) is 204 Å². The Balaban J connectivity index is 0.000000407. The molecule has 5 aliphatic heterocycles. The molecule has 139 heavy (non-hydrogen) atoms. The minimum Gasteiger partial charge on any atom is -0.399 e. The lowest BCUT2D eigenvalue weighted by molar-refractivity contribution is -0.692. The molecule has 3 aromatic carbocycles. The standard InChI is InChI=1S/C16H22N2S2.C14H16N2S2.2C12H26N2S4.C12H24O4S2.C11H17NO2S2.C10H14O2S2.C8H16O2S2.C3H7NS/c1-3-7-17(8-4-1)11-13-19-15-16-20-14-12-18-9-5-2-6-10-18;15-11-1-5-13(6-2-11)17-9-10-18-14-7-3-12(16)4-8-14;1-5-15-9-10-17-7-3-14-4-8-18-12-11-16-6-2-13-1;13-11-7-15-3-1-4-16-8-12(14)10-18-6-2-5-17-9-11;1-2-14-6-10-18-12-8-16-4-3-15-7-11-17-9-5-13-1;13-4-6-15-8-10-2-1-3-11(12-10)9-16-7-5-14;11-5-7-13-9-3-1-2-4-10(9)14-8-6-12;1-5-11-7-3-10-4-8-12-6-2-9-1;1-2-5-3-4-1/h1-10H,11-16H2;1-8H,9-10,15-16H2;13-14H,1-12H2;11-12H,1-10,13-14H2;1-12H2;1-3,13-14H,4-9H2;1-4,11-12H,5-8H2;1-8H2;4H,1-3H2/q+2;;;;;;;;. The monoisotopic (exact) mass is 2320 g/mol. The minimum atomic E-state index is 0.198. The van der Waals surface area contributed by atoms with Gasteiger partial charge in [0, 0.05) is 284 Å². The van der Waals surface area contributed by atoms with Gasteiger partial charge in [-0.1, -0.05) is 30.3 Å². The van der Waals surface area contributed by atoms with E-state index in [0.29, 0.717) is 38.5 Å². The SMILES string of the molecule is C1COCCSCCOCCOCCSCCO1.C1CSCCOCCSCCO1.C1CSCCSCCNCCSCCSCCN1.C1CSCN1.NC1CSCCCSCC(N)CSCCCSC1.Nc1ccc(SCCSc2ccc(N)cc2)cc1.OCCSCc1cccc(CSCCO)n1.OCCSc1ccccc1SCCO.c1cc[n+](CCSCCSCC[n+]2ccccc2)cc1. The third kappa shape index (κ3) is 94.0. The Morgan fingerprint density at radius 2 is 0.612 bits per heavy atom. The van der Waals surface area contributed by atoms with Gasteiger partial charge >= 0.3 is 0 Å². The molecule has 3 aromatic heterocycles. The zero-order chi connectivity index (χ0) is 99.1. The summed E-state index contributed by atoms with van der Waals surface area (Å²) in [6.45, 7) is 18.5. The highest BCUT2D eigenvalue weighted by Crippen LogP contribution is 2.31. The van der Waals surface area contributed by atoms with E-state index < -0.39 is 0 Å². The molecule has 20 nitrogen and oxygen atoms in total. The fraction of sp³-hybridized carbons (Fsp3) is 0.663. The molecule has 41 heteroatoms. The molecule has 5 aliphatic rings. The summed E-state index contributed by atoms with van der Waals surface area (Å²) in [4.78, 5) is 9.40. The average molecular weight is 2320 g/mol. The Bertz CT molecular complexity index is 3090. The number of ether oxygens (including phenoxy) is 6. The molecule has 0 bridgehead atoms. The Labute approximate surface area is 928 Å². The van der Waals surface area contributed by atoms with Crippen LogP contribution in [0.15, 0.2) is 172 Å². The first-order valence-corrected chi connectivity index (χ1v) is 71.8. The van der Waals surface area contributed by atoms with Crippen LogP contribution in [0.1, 0.15) is 24.2 Å². The van der Waals surface area contributed by atoms with E-state index in [1.165, 1.54) is 169 Å². The number of thioether (sulfide) groups is 21. The number of aryl methyl sites for hydroxylation is 2. The van der Waals surface area contributed by atoms with E-state index in [2.05, 4.69) is 163 Å². The van der Waals surface area contributed by atoms with Crippen LogP contribution >= 0.6 is 247 Å². The van der Waals surface area contributed by atoms with Crippen molar-refractivity contribution < 1.29 is 58.0 Å². The number of benzene rings is 3. The maximum atomic E-state index is 8.73. The normalized spacial score (nSPS) is 18.3. The molecule has 794 valence electrons. The lowest BCUT2D eigenvalue weighted by atomic mass is 10.3. The highest BCUT2D eigenvalue weighted by atomic mass is 32.2. The number of nitrogen functional groups attached to an aromatic ring is 2. The summed E-state index contributed by atoms with van der Waals surface area (Å²) < 4.78 is 37.2. The van der Waals surface area contributed by atoms with Crippen molar-refractivity contribution in [3.63, 3.8) is 0 Å². The first kappa shape index (κ1) is 135. The minimum absolute atomic E-state index is 0.198. The number of pyridine rings is 3. The summed E-state index contributed by atoms with van der Waals surface area (Å²) in [7, 11) is 0. The van der Waals surface area contributed by atoms with Gasteiger partial charge < -0.3 is 87.7 Å². The van der Waals surface area contributed by atoms with Crippen LogP contribution in [0.3, 0.4) is 0 Å². The van der Waals surface area contributed by atoms with Crippen LogP contribution in [0.2, 0.25) is 0 Å². The van der Waals surface area contributed by atoms with Gasteiger partial charge in [-0.25, -0.2) is 9.13 Å².